The van der Waals surface area contributed by atoms with Crippen LogP contribution in [0, 0.1) is 20.8 Å². The quantitative estimate of drug-likeness (QED) is 0.816. The summed E-state index contributed by atoms with van der Waals surface area (Å²) in [6, 6.07) is 13.1. The summed E-state index contributed by atoms with van der Waals surface area (Å²) in [5.41, 5.74) is 3.86. The molecule has 1 N–H and O–H groups in total. The van der Waals surface area contributed by atoms with Crippen LogP contribution in [0.25, 0.3) is 0 Å². The monoisotopic (exact) mass is 341 g/mol. The second-order valence-electron chi connectivity index (χ2n) is 6.10. The highest BCUT2D eigenvalue weighted by Gasteiger charge is 2.18. The molecule has 0 saturated heterocycles. The third-order valence-electron chi connectivity index (χ3n) is 3.55. The zero-order valence-corrected chi connectivity index (χ0v) is 15.0. The largest absolute Gasteiger partial charge is 0.482 e. The van der Waals surface area contributed by atoms with Crippen LogP contribution in [-0.4, -0.2) is 24.6 Å². The van der Waals surface area contributed by atoms with Crippen LogP contribution >= 0.6 is 0 Å². The third-order valence-corrected chi connectivity index (χ3v) is 3.55. The predicted octanol–water partition coefficient (Wildman–Crippen LogP) is 3.56. The van der Waals surface area contributed by atoms with Gasteiger partial charge in [0.05, 0.1) is 0 Å². The van der Waals surface area contributed by atoms with E-state index >= 15 is 0 Å². The summed E-state index contributed by atoms with van der Waals surface area (Å²) >= 11 is 0. The van der Waals surface area contributed by atoms with Gasteiger partial charge in [0.15, 0.2) is 12.7 Å². The summed E-state index contributed by atoms with van der Waals surface area (Å²) in [5, 5.41) is 2.71. The van der Waals surface area contributed by atoms with Crippen molar-refractivity contribution < 1.29 is 19.1 Å². The number of hydrogen-bond acceptors (Lipinski definition) is 4. The molecule has 2 rings (SSSR count). The summed E-state index contributed by atoms with van der Waals surface area (Å²) in [7, 11) is 0. The Morgan fingerprint density at radius 3 is 2.16 bits per heavy atom. The van der Waals surface area contributed by atoms with Gasteiger partial charge in [-0.05, 0) is 63.1 Å². The molecule has 0 aromatic heterocycles. The predicted molar refractivity (Wildman–Crippen MR) is 96.8 cm³/mol. The number of esters is 1. The Morgan fingerprint density at radius 1 is 0.960 bits per heavy atom. The van der Waals surface area contributed by atoms with Crippen LogP contribution in [0.1, 0.15) is 23.6 Å². The molecule has 0 bridgehead atoms. The number of benzene rings is 2. The molecular weight excluding hydrogens is 318 g/mol. The fraction of sp³-hybridized carbons (Fsp3) is 0.300. The Balaban J connectivity index is 1.82. The lowest BCUT2D eigenvalue weighted by Gasteiger charge is -2.14. The maximum absolute atomic E-state index is 12.1. The van der Waals surface area contributed by atoms with Crippen molar-refractivity contribution in [3.63, 3.8) is 0 Å². The number of hydrogen-bond donors (Lipinski definition) is 1. The van der Waals surface area contributed by atoms with E-state index in [9.17, 15) is 9.59 Å². The van der Waals surface area contributed by atoms with Crippen molar-refractivity contribution in [2.24, 2.45) is 0 Å². The highest BCUT2D eigenvalue weighted by Crippen LogP contribution is 2.16. The lowest BCUT2D eigenvalue weighted by molar-refractivity contribution is -0.155. The van der Waals surface area contributed by atoms with Crippen LogP contribution in [0.15, 0.2) is 42.5 Å². The summed E-state index contributed by atoms with van der Waals surface area (Å²) in [6.07, 6.45) is -0.906. The van der Waals surface area contributed by atoms with Gasteiger partial charge in [-0.2, -0.15) is 0 Å². The van der Waals surface area contributed by atoms with Crippen LogP contribution in [0.3, 0.4) is 0 Å². The highest BCUT2D eigenvalue weighted by molar-refractivity contribution is 5.95. The molecular formula is C20H23NO4. The van der Waals surface area contributed by atoms with E-state index < -0.39 is 12.1 Å². The van der Waals surface area contributed by atoms with Crippen LogP contribution < -0.4 is 10.1 Å². The third kappa shape index (κ3) is 5.95. The average Bonchev–Trinajstić information content (AvgIpc) is 2.54. The number of nitrogens with one attached hydrogen (secondary N) is 1. The molecule has 1 unspecified atom stereocenters. The molecule has 0 saturated carbocycles. The van der Waals surface area contributed by atoms with Crippen molar-refractivity contribution in [1.29, 1.82) is 0 Å². The Morgan fingerprint density at radius 2 is 1.56 bits per heavy atom. The first-order valence-corrected chi connectivity index (χ1v) is 8.11. The number of amides is 1. The van der Waals surface area contributed by atoms with E-state index in [0.717, 1.165) is 16.7 Å². The number of rotatable bonds is 6. The summed E-state index contributed by atoms with van der Waals surface area (Å²) in [6.45, 7) is 7.15. The smallest absolute Gasteiger partial charge is 0.344 e. The van der Waals surface area contributed by atoms with Crippen LogP contribution in [0.5, 0.6) is 5.75 Å². The molecule has 0 aliphatic heterocycles. The van der Waals surface area contributed by atoms with Crippen LogP contribution in [-0.2, 0) is 14.3 Å². The van der Waals surface area contributed by atoms with Gasteiger partial charge >= 0.3 is 5.97 Å². The van der Waals surface area contributed by atoms with E-state index in [0.29, 0.717) is 11.4 Å². The Kier molecular flexibility index (Phi) is 6.17. The molecule has 0 fully saturated rings. The molecule has 5 nitrogen and oxygen atoms in total. The van der Waals surface area contributed by atoms with Gasteiger partial charge in [0, 0.05) is 5.69 Å². The van der Waals surface area contributed by atoms with E-state index in [-0.39, 0.29) is 12.5 Å². The van der Waals surface area contributed by atoms with Gasteiger partial charge in [0.2, 0.25) is 0 Å². The molecule has 0 spiro atoms. The van der Waals surface area contributed by atoms with Gasteiger partial charge in [0.1, 0.15) is 5.75 Å². The molecule has 1 amide bonds. The van der Waals surface area contributed by atoms with E-state index in [1.807, 2.05) is 51.1 Å². The minimum absolute atomic E-state index is 0.245. The maximum atomic E-state index is 12.1. The Bertz CT molecular complexity index is 733. The van der Waals surface area contributed by atoms with Gasteiger partial charge in [-0.1, -0.05) is 23.8 Å². The molecule has 0 aliphatic carbocycles. The van der Waals surface area contributed by atoms with Crippen molar-refractivity contribution in [1.82, 2.24) is 0 Å². The number of carbonyl (C=O) groups excluding carboxylic acids is 2. The van der Waals surface area contributed by atoms with Gasteiger partial charge in [-0.3, -0.25) is 4.79 Å². The molecule has 2 aromatic carbocycles. The lowest BCUT2D eigenvalue weighted by Crippen LogP contribution is -2.31. The fourth-order valence-corrected chi connectivity index (χ4v) is 2.32. The normalized spacial score (nSPS) is 11.5. The zero-order valence-electron chi connectivity index (χ0n) is 15.0. The van der Waals surface area contributed by atoms with Gasteiger partial charge < -0.3 is 14.8 Å². The number of aryl methyl sites for hydroxylation is 3. The molecule has 25 heavy (non-hydrogen) atoms. The first kappa shape index (κ1) is 18.5. The van der Waals surface area contributed by atoms with Crippen LogP contribution in [0.2, 0.25) is 0 Å². The van der Waals surface area contributed by atoms with Crippen molar-refractivity contribution >= 4 is 17.6 Å². The molecule has 132 valence electrons. The topological polar surface area (TPSA) is 64.6 Å². The SMILES string of the molecule is Cc1ccc(NC(=O)C(C)OC(=O)COc2cc(C)cc(C)c2)cc1. The minimum Gasteiger partial charge on any atom is -0.482 e. The number of carbonyl (C=O) groups is 2. The fourth-order valence-electron chi connectivity index (χ4n) is 2.32. The van der Waals surface area contributed by atoms with Gasteiger partial charge in [-0.15, -0.1) is 0 Å². The van der Waals surface area contributed by atoms with Crippen LogP contribution in [0.4, 0.5) is 5.69 Å². The minimum atomic E-state index is -0.906. The van der Waals surface area contributed by atoms with Gasteiger partial charge in [0.25, 0.3) is 5.91 Å². The van der Waals surface area contributed by atoms with E-state index in [4.69, 9.17) is 9.47 Å². The van der Waals surface area contributed by atoms with E-state index in [1.165, 1.54) is 6.92 Å². The first-order chi connectivity index (χ1) is 11.8. The van der Waals surface area contributed by atoms with Gasteiger partial charge in [-0.25, -0.2) is 4.79 Å². The molecule has 0 heterocycles. The second-order valence-corrected chi connectivity index (χ2v) is 6.10. The summed E-state index contributed by atoms with van der Waals surface area (Å²) in [5.74, 6) is -0.375. The standard InChI is InChI=1S/C20H23NO4/c1-13-5-7-17(8-6-13)21-20(23)16(4)25-19(22)12-24-18-10-14(2)9-15(3)11-18/h5-11,16H,12H2,1-4H3,(H,21,23). The van der Waals surface area contributed by atoms with Crippen molar-refractivity contribution in [2.75, 3.05) is 11.9 Å². The Hall–Kier alpha value is -2.82. The lowest BCUT2D eigenvalue weighted by atomic mass is 10.1. The van der Waals surface area contributed by atoms with E-state index in [2.05, 4.69) is 5.32 Å². The zero-order chi connectivity index (χ0) is 18.4. The molecule has 1 atom stereocenters. The molecule has 2 aromatic rings. The number of anilines is 1. The molecule has 0 radical (unpaired) electrons. The van der Waals surface area contributed by atoms with Crippen molar-refractivity contribution in [3.05, 3.63) is 59.2 Å². The highest BCUT2D eigenvalue weighted by atomic mass is 16.6. The molecule has 5 heteroatoms. The molecule has 0 aliphatic rings. The summed E-state index contributed by atoms with van der Waals surface area (Å²) in [4.78, 5) is 23.9. The maximum Gasteiger partial charge on any atom is 0.344 e. The Labute approximate surface area is 148 Å². The summed E-state index contributed by atoms with van der Waals surface area (Å²) < 4.78 is 10.5. The van der Waals surface area contributed by atoms with Crippen molar-refractivity contribution in [2.45, 2.75) is 33.8 Å². The number of ether oxygens (including phenoxy) is 2. The van der Waals surface area contributed by atoms with Crippen molar-refractivity contribution in [3.8, 4) is 5.75 Å². The van der Waals surface area contributed by atoms with E-state index in [1.54, 1.807) is 12.1 Å². The second kappa shape index (κ2) is 8.33. The average molecular weight is 341 g/mol. The first-order valence-electron chi connectivity index (χ1n) is 8.11.